The minimum absolute atomic E-state index is 0.0462. The minimum atomic E-state index is -0.458. The van der Waals surface area contributed by atoms with Crippen molar-refractivity contribution in [1.82, 2.24) is 16.2 Å². The van der Waals surface area contributed by atoms with Crippen LogP contribution in [0.1, 0.15) is 34.1 Å². The quantitative estimate of drug-likeness (QED) is 0.470. The Hall–Kier alpha value is -3.33. The van der Waals surface area contributed by atoms with Gasteiger partial charge in [0.25, 0.3) is 11.8 Å². The molecule has 0 aliphatic carbocycles. The number of benzene rings is 2. The lowest BCUT2D eigenvalue weighted by atomic mass is 10.2. The second-order valence-electron chi connectivity index (χ2n) is 5.80. The van der Waals surface area contributed by atoms with Gasteiger partial charge in [0.15, 0.2) is 16.6 Å². The Bertz CT molecular complexity index is 871. The second kappa shape index (κ2) is 10.9. The highest BCUT2D eigenvalue weighted by molar-refractivity contribution is 7.80. The van der Waals surface area contributed by atoms with Crippen LogP contribution in [-0.2, 0) is 0 Å². The van der Waals surface area contributed by atoms with Crippen molar-refractivity contribution in [1.29, 1.82) is 0 Å². The SMILES string of the molecule is CCCOc1ccc(C(=O)NC(=S)NNC(=O)c2ccc(OC)c(OC)c2)cc1. The van der Waals surface area contributed by atoms with Crippen LogP contribution in [0.4, 0.5) is 0 Å². The van der Waals surface area contributed by atoms with Gasteiger partial charge in [-0.25, -0.2) is 0 Å². The van der Waals surface area contributed by atoms with Crippen LogP contribution in [0.5, 0.6) is 17.2 Å². The lowest BCUT2D eigenvalue weighted by Gasteiger charge is -2.12. The number of ether oxygens (including phenoxy) is 3. The van der Waals surface area contributed by atoms with Gasteiger partial charge >= 0.3 is 0 Å². The predicted octanol–water partition coefficient (Wildman–Crippen LogP) is 2.44. The molecule has 9 heteroatoms. The second-order valence-corrected chi connectivity index (χ2v) is 6.21. The molecule has 0 bridgehead atoms. The fourth-order valence-electron chi connectivity index (χ4n) is 2.29. The summed E-state index contributed by atoms with van der Waals surface area (Å²) in [4.78, 5) is 24.5. The Morgan fingerprint density at radius 3 is 2.17 bits per heavy atom. The zero-order valence-electron chi connectivity index (χ0n) is 16.4. The van der Waals surface area contributed by atoms with E-state index in [1.807, 2.05) is 6.92 Å². The lowest BCUT2D eigenvalue weighted by molar-refractivity contribution is 0.0934. The largest absolute Gasteiger partial charge is 0.494 e. The predicted molar refractivity (Wildman–Crippen MR) is 112 cm³/mol. The van der Waals surface area contributed by atoms with Crippen molar-refractivity contribution in [3.8, 4) is 17.2 Å². The highest BCUT2D eigenvalue weighted by Crippen LogP contribution is 2.27. The number of amides is 2. The Kier molecular flexibility index (Phi) is 8.23. The Morgan fingerprint density at radius 1 is 0.897 bits per heavy atom. The molecule has 0 unspecified atom stereocenters. The summed E-state index contributed by atoms with van der Waals surface area (Å²) in [6.45, 7) is 2.62. The molecule has 2 aromatic rings. The van der Waals surface area contributed by atoms with Crippen molar-refractivity contribution in [2.45, 2.75) is 13.3 Å². The van der Waals surface area contributed by atoms with Gasteiger partial charge < -0.3 is 14.2 Å². The van der Waals surface area contributed by atoms with Gasteiger partial charge in [-0.3, -0.25) is 25.8 Å². The molecule has 0 spiro atoms. The van der Waals surface area contributed by atoms with Gasteiger partial charge in [-0.15, -0.1) is 0 Å². The molecule has 0 heterocycles. The van der Waals surface area contributed by atoms with E-state index >= 15 is 0 Å². The summed E-state index contributed by atoms with van der Waals surface area (Å²) in [5.41, 5.74) is 5.64. The molecule has 3 N–H and O–H groups in total. The Morgan fingerprint density at radius 2 is 1.55 bits per heavy atom. The van der Waals surface area contributed by atoms with E-state index in [0.717, 1.165) is 6.42 Å². The molecule has 0 aliphatic heterocycles. The van der Waals surface area contributed by atoms with Gasteiger partial charge in [-0.1, -0.05) is 6.92 Å². The number of hydrazine groups is 1. The van der Waals surface area contributed by atoms with E-state index in [1.165, 1.54) is 20.3 Å². The van der Waals surface area contributed by atoms with Gasteiger partial charge in [0.2, 0.25) is 0 Å². The standard InChI is InChI=1S/C20H23N3O5S/c1-4-11-28-15-8-5-13(6-9-15)18(24)21-20(29)23-22-19(25)14-7-10-16(26-2)17(12-14)27-3/h5-10,12H,4,11H2,1-3H3,(H,22,25)(H2,21,23,24,29). The third-order valence-corrected chi connectivity index (χ3v) is 3.96. The molecule has 0 fully saturated rings. The first-order valence-corrected chi connectivity index (χ1v) is 9.25. The maximum Gasteiger partial charge on any atom is 0.269 e. The Labute approximate surface area is 174 Å². The third kappa shape index (κ3) is 6.35. The van der Waals surface area contributed by atoms with Crippen LogP contribution >= 0.6 is 12.2 Å². The maximum atomic E-state index is 12.2. The monoisotopic (exact) mass is 417 g/mol. The van der Waals surface area contributed by atoms with Crippen LogP contribution < -0.4 is 30.4 Å². The van der Waals surface area contributed by atoms with E-state index in [-0.39, 0.29) is 5.11 Å². The van der Waals surface area contributed by atoms with E-state index in [4.69, 9.17) is 26.4 Å². The molecule has 0 aliphatic rings. The normalized spacial score (nSPS) is 9.90. The smallest absolute Gasteiger partial charge is 0.269 e. The van der Waals surface area contributed by atoms with Crippen molar-refractivity contribution in [2.24, 2.45) is 0 Å². The summed E-state index contributed by atoms with van der Waals surface area (Å²) in [7, 11) is 2.98. The summed E-state index contributed by atoms with van der Waals surface area (Å²) in [5.74, 6) is 0.740. The van der Waals surface area contributed by atoms with Crippen LogP contribution in [0, 0.1) is 0 Å². The van der Waals surface area contributed by atoms with Crippen LogP contribution in [0.15, 0.2) is 42.5 Å². The van der Waals surface area contributed by atoms with Gasteiger partial charge in [0, 0.05) is 11.1 Å². The van der Waals surface area contributed by atoms with Crippen molar-refractivity contribution >= 4 is 29.1 Å². The fraction of sp³-hybridized carbons (Fsp3) is 0.250. The molecule has 2 aromatic carbocycles. The van der Waals surface area contributed by atoms with Crippen molar-refractivity contribution < 1.29 is 23.8 Å². The molecule has 2 amide bonds. The van der Waals surface area contributed by atoms with Gasteiger partial charge in [0.05, 0.1) is 20.8 Å². The summed E-state index contributed by atoms with van der Waals surface area (Å²) in [5, 5.41) is 2.44. The molecule has 8 nitrogen and oxygen atoms in total. The van der Waals surface area contributed by atoms with Crippen molar-refractivity contribution in [3.63, 3.8) is 0 Å². The number of nitrogens with one attached hydrogen (secondary N) is 3. The number of carbonyl (C=O) groups is 2. The van der Waals surface area contributed by atoms with Gasteiger partial charge in [-0.05, 0) is 61.1 Å². The molecule has 29 heavy (non-hydrogen) atoms. The summed E-state index contributed by atoms with van der Waals surface area (Å²) in [6, 6.07) is 11.4. The number of methoxy groups -OCH3 is 2. The highest BCUT2D eigenvalue weighted by atomic mass is 32.1. The van der Waals surface area contributed by atoms with Crippen molar-refractivity contribution in [3.05, 3.63) is 53.6 Å². The lowest BCUT2D eigenvalue weighted by Crippen LogP contribution is -2.48. The molecule has 0 radical (unpaired) electrons. The molecular formula is C20H23N3O5S. The first kappa shape index (κ1) is 22.0. The van der Waals surface area contributed by atoms with Gasteiger partial charge in [-0.2, -0.15) is 0 Å². The number of rotatable bonds is 7. The average Bonchev–Trinajstić information content (AvgIpc) is 2.75. The first-order chi connectivity index (χ1) is 14.0. The zero-order valence-corrected chi connectivity index (χ0v) is 17.2. The van der Waals surface area contributed by atoms with E-state index in [1.54, 1.807) is 36.4 Å². The minimum Gasteiger partial charge on any atom is -0.494 e. The maximum absolute atomic E-state index is 12.2. The summed E-state index contributed by atoms with van der Waals surface area (Å²) in [6.07, 6.45) is 0.900. The number of carbonyl (C=O) groups excluding carboxylic acids is 2. The van der Waals surface area contributed by atoms with Crippen LogP contribution in [0.2, 0.25) is 0 Å². The topological polar surface area (TPSA) is 97.9 Å². The van der Waals surface area contributed by atoms with Crippen LogP contribution in [-0.4, -0.2) is 37.8 Å². The van der Waals surface area contributed by atoms with E-state index in [9.17, 15) is 9.59 Å². The highest BCUT2D eigenvalue weighted by Gasteiger charge is 2.12. The molecule has 0 aromatic heterocycles. The van der Waals surface area contributed by atoms with E-state index in [0.29, 0.717) is 35.0 Å². The number of hydrogen-bond acceptors (Lipinski definition) is 6. The number of thiocarbonyl (C=S) groups is 1. The van der Waals surface area contributed by atoms with E-state index < -0.39 is 11.8 Å². The van der Waals surface area contributed by atoms with Gasteiger partial charge in [0.1, 0.15) is 5.75 Å². The molecular weight excluding hydrogens is 394 g/mol. The van der Waals surface area contributed by atoms with E-state index in [2.05, 4.69) is 16.2 Å². The van der Waals surface area contributed by atoms with Crippen molar-refractivity contribution in [2.75, 3.05) is 20.8 Å². The third-order valence-electron chi connectivity index (χ3n) is 3.75. The molecule has 0 saturated heterocycles. The van der Waals surface area contributed by atoms with Crippen LogP contribution in [0.3, 0.4) is 0 Å². The Balaban J connectivity index is 1.87. The molecule has 154 valence electrons. The zero-order chi connectivity index (χ0) is 21.2. The van der Waals surface area contributed by atoms with Crippen LogP contribution in [0.25, 0.3) is 0 Å². The summed E-state index contributed by atoms with van der Waals surface area (Å²) >= 11 is 5.04. The summed E-state index contributed by atoms with van der Waals surface area (Å²) < 4.78 is 15.8. The fourth-order valence-corrected chi connectivity index (χ4v) is 2.44. The average molecular weight is 417 g/mol. The molecule has 0 atom stereocenters. The number of hydrogen-bond donors (Lipinski definition) is 3. The first-order valence-electron chi connectivity index (χ1n) is 8.85. The molecule has 2 rings (SSSR count). The molecule has 0 saturated carbocycles.